The van der Waals surface area contributed by atoms with E-state index in [0.717, 1.165) is 11.1 Å². The monoisotopic (exact) mass is 474 g/mol. The minimum Gasteiger partial charge on any atom is -0.444 e. The number of alkyl carbamates (subject to hydrolysis) is 1. The third kappa shape index (κ3) is 6.79. The molecule has 0 fully saturated rings. The van der Waals surface area contributed by atoms with Crippen LogP contribution in [-0.4, -0.2) is 54.8 Å². The van der Waals surface area contributed by atoms with Crippen molar-refractivity contribution in [1.82, 2.24) is 9.62 Å². The first-order valence-corrected chi connectivity index (χ1v) is 12.7. The normalized spacial score (nSPS) is 20.2. The molecule has 0 unspecified atom stereocenters. The number of rotatable bonds is 6. The second-order valence-corrected chi connectivity index (χ2v) is 11.7. The number of nitrogens with one attached hydrogen (secondary N) is 1. The van der Waals surface area contributed by atoms with Gasteiger partial charge in [-0.2, -0.15) is 4.31 Å². The summed E-state index contributed by atoms with van der Waals surface area (Å²) in [4.78, 5) is 12.8. The van der Waals surface area contributed by atoms with Crippen LogP contribution in [-0.2, 0) is 27.6 Å². The fourth-order valence-electron chi connectivity index (χ4n) is 4.07. The largest absolute Gasteiger partial charge is 0.444 e. The number of carbonyl (C=O) groups is 1. The van der Waals surface area contributed by atoms with Crippen LogP contribution in [0, 0.1) is 5.92 Å². The number of benzene rings is 2. The maximum absolute atomic E-state index is 13.4. The molecule has 2 N–H and O–H groups in total. The summed E-state index contributed by atoms with van der Waals surface area (Å²) in [6.45, 7) is 7.44. The molecule has 3 rings (SSSR count). The summed E-state index contributed by atoms with van der Waals surface area (Å²) in [6.07, 6.45) is -0.808. The smallest absolute Gasteiger partial charge is 0.407 e. The summed E-state index contributed by atoms with van der Waals surface area (Å²) in [6, 6.07) is 15.7. The average molecular weight is 475 g/mol. The Morgan fingerprint density at radius 1 is 1.15 bits per heavy atom. The van der Waals surface area contributed by atoms with Crippen LogP contribution in [0.3, 0.4) is 0 Å². The number of aliphatic hydroxyl groups is 1. The van der Waals surface area contributed by atoms with Crippen LogP contribution in [0.25, 0.3) is 0 Å². The summed E-state index contributed by atoms with van der Waals surface area (Å²) < 4.78 is 33.5. The molecule has 2 aromatic rings. The third-order valence-corrected chi connectivity index (χ3v) is 7.46. The van der Waals surface area contributed by atoms with Crippen molar-refractivity contribution < 1.29 is 23.1 Å². The van der Waals surface area contributed by atoms with Gasteiger partial charge in [-0.3, -0.25) is 0 Å². The number of nitrogens with zero attached hydrogens (tertiary/aromatic N) is 1. The van der Waals surface area contributed by atoms with Gasteiger partial charge in [-0.05, 0) is 56.7 Å². The molecule has 0 aromatic heterocycles. The van der Waals surface area contributed by atoms with Crippen LogP contribution >= 0.6 is 0 Å². The number of hydrogen-bond donors (Lipinski definition) is 2. The Kier molecular flexibility index (Phi) is 7.82. The molecular weight excluding hydrogens is 440 g/mol. The van der Waals surface area contributed by atoms with E-state index in [9.17, 15) is 18.3 Å². The van der Waals surface area contributed by atoms with Crippen molar-refractivity contribution in [2.45, 2.75) is 63.2 Å². The summed E-state index contributed by atoms with van der Waals surface area (Å²) in [5, 5.41) is 13.9. The van der Waals surface area contributed by atoms with Gasteiger partial charge >= 0.3 is 6.09 Å². The van der Waals surface area contributed by atoms with Crippen LogP contribution in [0.1, 0.15) is 38.8 Å². The van der Waals surface area contributed by atoms with Gasteiger partial charge in [-0.1, -0.05) is 55.5 Å². The van der Waals surface area contributed by atoms with E-state index in [2.05, 4.69) is 5.32 Å². The lowest BCUT2D eigenvalue weighted by molar-refractivity contribution is 0.0400. The number of aliphatic hydroxyl groups excluding tert-OH is 1. The van der Waals surface area contributed by atoms with Gasteiger partial charge in [0.25, 0.3) is 0 Å². The summed E-state index contributed by atoms with van der Waals surface area (Å²) in [5.41, 5.74) is 1.00. The Morgan fingerprint density at radius 2 is 1.79 bits per heavy atom. The molecule has 180 valence electrons. The zero-order valence-electron chi connectivity index (χ0n) is 19.7. The van der Waals surface area contributed by atoms with Crippen molar-refractivity contribution in [2.24, 2.45) is 5.92 Å². The van der Waals surface area contributed by atoms with E-state index in [1.165, 1.54) is 4.31 Å². The molecule has 0 saturated carbocycles. The van der Waals surface area contributed by atoms with Gasteiger partial charge in [0.2, 0.25) is 10.0 Å². The molecule has 7 nitrogen and oxygen atoms in total. The first-order valence-electron chi connectivity index (χ1n) is 11.3. The topological polar surface area (TPSA) is 95.9 Å². The minimum atomic E-state index is -3.78. The molecule has 1 aliphatic heterocycles. The molecule has 1 heterocycles. The van der Waals surface area contributed by atoms with E-state index < -0.39 is 33.9 Å². The quantitative estimate of drug-likeness (QED) is 0.669. The molecule has 0 radical (unpaired) electrons. The van der Waals surface area contributed by atoms with Crippen LogP contribution in [0.15, 0.2) is 59.5 Å². The molecule has 1 amide bonds. The first kappa shape index (κ1) is 25.2. The number of fused-ring (bicyclic) bond motifs is 1. The fraction of sp³-hybridized carbons (Fsp3) is 0.480. The number of hydrogen-bond acceptors (Lipinski definition) is 5. The number of β-amino-alcohol motifs (C(OH)–C–C–N with tert-alkyl or cyclic N) is 1. The predicted octanol–water partition coefficient (Wildman–Crippen LogP) is 3.37. The van der Waals surface area contributed by atoms with Gasteiger partial charge in [-0.25, -0.2) is 13.2 Å². The maximum atomic E-state index is 13.4. The van der Waals surface area contributed by atoms with Crippen molar-refractivity contribution in [1.29, 1.82) is 0 Å². The lowest BCUT2D eigenvalue weighted by Crippen LogP contribution is -2.51. The lowest BCUT2D eigenvalue weighted by atomic mass is 10.00. The zero-order valence-corrected chi connectivity index (χ0v) is 20.5. The van der Waals surface area contributed by atoms with Crippen LogP contribution < -0.4 is 5.32 Å². The van der Waals surface area contributed by atoms with Crippen LogP contribution in [0.4, 0.5) is 4.79 Å². The summed E-state index contributed by atoms with van der Waals surface area (Å²) in [7, 11) is -3.78. The van der Waals surface area contributed by atoms with E-state index >= 15 is 0 Å². The Labute approximate surface area is 196 Å². The average Bonchev–Trinajstić information content (AvgIpc) is 2.81. The minimum absolute atomic E-state index is 0.0852. The van der Waals surface area contributed by atoms with Crippen molar-refractivity contribution >= 4 is 16.1 Å². The number of amides is 1. The highest BCUT2D eigenvalue weighted by molar-refractivity contribution is 7.89. The molecule has 1 aliphatic rings. The van der Waals surface area contributed by atoms with Crippen LogP contribution in [0.2, 0.25) is 0 Å². The molecule has 3 atom stereocenters. The fourth-order valence-corrected chi connectivity index (χ4v) is 5.88. The molecule has 0 bridgehead atoms. The summed E-state index contributed by atoms with van der Waals surface area (Å²) in [5.74, 6) is 0.0852. The number of carbonyl (C=O) groups excluding carboxylic acids is 1. The van der Waals surface area contributed by atoms with Gasteiger partial charge in [0, 0.05) is 13.1 Å². The van der Waals surface area contributed by atoms with Gasteiger partial charge < -0.3 is 15.2 Å². The first-order chi connectivity index (χ1) is 15.5. The van der Waals surface area contributed by atoms with Crippen molar-refractivity contribution in [3.8, 4) is 0 Å². The Morgan fingerprint density at radius 3 is 2.45 bits per heavy atom. The SMILES string of the molecule is C[C@H]1Cc2ccccc2S(=O)(=O)N(C[C@@H](O)[C@H](Cc2ccccc2)NC(=O)OC(C)(C)C)C1. The van der Waals surface area contributed by atoms with E-state index in [1.54, 1.807) is 32.9 Å². The van der Waals surface area contributed by atoms with Crippen molar-refractivity contribution in [3.05, 3.63) is 65.7 Å². The maximum Gasteiger partial charge on any atom is 0.407 e. The van der Waals surface area contributed by atoms with Gasteiger partial charge in [-0.15, -0.1) is 0 Å². The molecule has 33 heavy (non-hydrogen) atoms. The highest BCUT2D eigenvalue weighted by Crippen LogP contribution is 2.28. The Hall–Kier alpha value is -2.42. The molecule has 0 aliphatic carbocycles. The van der Waals surface area contributed by atoms with Crippen LogP contribution in [0.5, 0.6) is 0 Å². The molecule has 0 saturated heterocycles. The van der Waals surface area contributed by atoms with E-state index in [-0.39, 0.29) is 17.4 Å². The number of ether oxygens (including phenoxy) is 1. The van der Waals surface area contributed by atoms with Gasteiger partial charge in [0.1, 0.15) is 5.60 Å². The predicted molar refractivity (Wildman–Crippen MR) is 127 cm³/mol. The Balaban J connectivity index is 1.84. The van der Waals surface area contributed by atoms with Crippen molar-refractivity contribution in [2.75, 3.05) is 13.1 Å². The molecule has 8 heteroatoms. The van der Waals surface area contributed by atoms with Gasteiger partial charge in [0.15, 0.2) is 0 Å². The second kappa shape index (κ2) is 10.2. The molecule has 2 aromatic carbocycles. The molecule has 0 spiro atoms. The Bertz CT molecular complexity index is 1050. The van der Waals surface area contributed by atoms with E-state index in [1.807, 2.05) is 49.4 Å². The van der Waals surface area contributed by atoms with E-state index in [4.69, 9.17) is 4.74 Å². The standard InChI is InChI=1S/C25H34N2O5S/c1-18-14-20-12-8-9-13-23(20)33(30,31)27(16-18)17-22(28)21(15-19-10-6-5-7-11-19)26-24(29)32-25(2,3)4/h5-13,18,21-22,28H,14-17H2,1-4H3,(H,26,29)/t18-,21-,22+/m0/s1. The lowest BCUT2D eigenvalue weighted by Gasteiger charge is -2.30. The zero-order chi connectivity index (χ0) is 24.2. The number of sulfonamides is 1. The third-order valence-electron chi connectivity index (χ3n) is 5.53. The van der Waals surface area contributed by atoms with Crippen molar-refractivity contribution in [3.63, 3.8) is 0 Å². The van der Waals surface area contributed by atoms with E-state index in [0.29, 0.717) is 19.4 Å². The second-order valence-electron chi connectivity index (χ2n) is 9.75. The highest BCUT2D eigenvalue weighted by Gasteiger charge is 2.35. The highest BCUT2D eigenvalue weighted by atomic mass is 32.2. The summed E-state index contributed by atoms with van der Waals surface area (Å²) >= 11 is 0. The van der Waals surface area contributed by atoms with Gasteiger partial charge in [0.05, 0.1) is 17.0 Å². The molecular formula is C25H34N2O5S.